The first-order valence-electron chi connectivity index (χ1n) is 7.36. The summed E-state index contributed by atoms with van der Waals surface area (Å²) in [6, 6.07) is 7.78. The third-order valence-corrected chi connectivity index (χ3v) is 4.37. The zero-order valence-electron chi connectivity index (χ0n) is 13.7. The Balaban J connectivity index is 1.98. The van der Waals surface area contributed by atoms with Crippen molar-refractivity contribution in [1.82, 2.24) is 4.98 Å². The molecule has 0 unspecified atom stereocenters. The van der Waals surface area contributed by atoms with Crippen LogP contribution in [0.2, 0.25) is 0 Å². The van der Waals surface area contributed by atoms with Crippen LogP contribution in [0.5, 0.6) is 0 Å². The number of hydrogen-bond acceptors (Lipinski definition) is 5. The van der Waals surface area contributed by atoms with E-state index in [0.717, 1.165) is 11.3 Å². The normalized spacial score (nSPS) is 10.4. The number of carbonyl (C=O) groups is 1. The molecule has 24 heavy (non-hydrogen) atoms. The number of hydrogen-bond donors (Lipinski definition) is 1. The third-order valence-electron chi connectivity index (χ3n) is 3.32. The van der Waals surface area contributed by atoms with E-state index in [1.165, 1.54) is 18.3 Å². The molecule has 4 nitrogen and oxygen atoms in total. The van der Waals surface area contributed by atoms with E-state index < -0.39 is 12.0 Å². The Labute approximate surface area is 143 Å². The fraction of sp³-hybridized carbons (Fsp3) is 0.294. The van der Waals surface area contributed by atoms with Gasteiger partial charge in [0.2, 0.25) is 0 Å². The quantitative estimate of drug-likeness (QED) is 0.724. The number of carbonyl (C=O) groups excluding carboxylic acids is 1. The van der Waals surface area contributed by atoms with Crippen molar-refractivity contribution in [1.29, 1.82) is 0 Å². The van der Waals surface area contributed by atoms with E-state index in [0.29, 0.717) is 15.7 Å². The number of rotatable bonds is 6. The fourth-order valence-electron chi connectivity index (χ4n) is 1.86. The lowest BCUT2D eigenvalue weighted by Crippen LogP contribution is -2.06. The van der Waals surface area contributed by atoms with Gasteiger partial charge >= 0.3 is 5.97 Å². The monoisotopic (exact) mass is 352 g/mol. The Bertz CT molecular complexity index is 750. The van der Waals surface area contributed by atoms with Crippen molar-refractivity contribution in [3.05, 3.63) is 52.1 Å². The van der Waals surface area contributed by atoms with Crippen molar-refractivity contribution >= 4 is 28.1 Å². The molecule has 0 aliphatic rings. The SMILES string of the molecule is CC(CCOC(=O)c1sc(Nc2ccc(C)cc2)nc1C)=C(F)F. The molecular weight excluding hydrogens is 334 g/mol. The van der Waals surface area contributed by atoms with Crippen molar-refractivity contribution < 1.29 is 18.3 Å². The number of aromatic nitrogens is 1. The second-order valence-electron chi connectivity index (χ2n) is 5.35. The smallest absolute Gasteiger partial charge is 0.350 e. The van der Waals surface area contributed by atoms with Gasteiger partial charge in [0.15, 0.2) is 5.13 Å². The van der Waals surface area contributed by atoms with Crippen molar-refractivity contribution in [2.75, 3.05) is 11.9 Å². The Morgan fingerprint density at radius 3 is 2.54 bits per heavy atom. The van der Waals surface area contributed by atoms with Gasteiger partial charge in [-0.15, -0.1) is 0 Å². The molecule has 0 fully saturated rings. The van der Waals surface area contributed by atoms with E-state index in [9.17, 15) is 13.6 Å². The summed E-state index contributed by atoms with van der Waals surface area (Å²) in [5, 5.41) is 3.71. The second-order valence-corrected chi connectivity index (χ2v) is 6.35. The first kappa shape index (κ1) is 18.1. The number of ether oxygens (including phenoxy) is 1. The van der Waals surface area contributed by atoms with Gasteiger partial charge < -0.3 is 10.1 Å². The summed E-state index contributed by atoms with van der Waals surface area (Å²) in [5.74, 6) is -0.547. The topological polar surface area (TPSA) is 51.2 Å². The first-order valence-corrected chi connectivity index (χ1v) is 8.17. The summed E-state index contributed by atoms with van der Waals surface area (Å²) >= 11 is 1.17. The molecule has 0 saturated carbocycles. The molecule has 0 bridgehead atoms. The Morgan fingerprint density at radius 1 is 1.25 bits per heavy atom. The van der Waals surface area contributed by atoms with Crippen LogP contribution in [0.1, 0.15) is 34.3 Å². The highest BCUT2D eigenvalue weighted by molar-refractivity contribution is 7.17. The molecule has 0 spiro atoms. The van der Waals surface area contributed by atoms with Crippen LogP contribution in [-0.4, -0.2) is 17.6 Å². The molecule has 1 N–H and O–H groups in total. The summed E-state index contributed by atoms with van der Waals surface area (Å²) in [4.78, 5) is 16.7. The molecule has 0 amide bonds. The number of esters is 1. The summed E-state index contributed by atoms with van der Waals surface area (Å²) < 4.78 is 29.6. The van der Waals surface area contributed by atoms with E-state index in [4.69, 9.17) is 4.74 Å². The molecule has 0 aliphatic carbocycles. The summed E-state index contributed by atoms with van der Waals surface area (Å²) in [7, 11) is 0. The van der Waals surface area contributed by atoms with Gasteiger partial charge in [-0.3, -0.25) is 0 Å². The molecule has 1 aromatic carbocycles. The van der Waals surface area contributed by atoms with E-state index >= 15 is 0 Å². The standard InChI is InChI=1S/C17H18F2N2O2S/c1-10-4-6-13(7-5-10)21-17-20-12(3)14(24-17)16(22)23-9-8-11(2)15(18)19/h4-7H,8-9H2,1-3H3,(H,20,21). The van der Waals surface area contributed by atoms with Crippen LogP contribution in [0, 0.1) is 13.8 Å². The van der Waals surface area contributed by atoms with Gasteiger partial charge in [-0.1, -0.05) is 29.0 Å². The number of nitrogens with one attached hydrogen (secondary N) is 1. The van der Waals surface area contributed by atoms with Gasteiger partial charge in [0.25, 0.3) is 6.08 Å². The van der Waals surface area contributed by atoms with Gasteiger partial charge in [-0.05, 0) is 38.5 Å². The van der Waals surface area contributed by atoms with Crippen molar-refractivity contribution in [2.24, 2.45) is 0 Å². The number of anilines is 2. The van der Waals surface area contributed by atoms with Crippen molar-refractivity contribution in [3.8, 4) is 0 Å². The zero-order valence-corrected chi connectivity index (χ0v) is 14.5. The fourth-order valence-corrected chi connectivity index (χ4v) is 2.74. The highest BCUT2D eigenvalue weighted by Gasteiger charge is 2.17. The lowest BCUT2D eigenvalue weighted by atomic mass is 10.2. The first-order chi connectivity index (χ1) is 11.4. The zero-order chi connectivity index (χ0) is 17.7. The molecule has 1 heterocycles. The maximum atomic E-state index is 12.3. The number of aryl methyl sites for hydroxylation is 2. The highest BCUT2D eigenvalue weighted by atomic mass is 32.1. The summed E-state index contributed by atoms with van der Waals surface area (Å²) in [5.41, 5.74) is 2.48. The molecule has 0 radical (unpaired) electrons. The van der Waals surface area contributed by atoms with Crippen LogP contribution in [0.25, 0.3) is 0 Å². The van der Waals surface area contributed by atoms with Gasteiger partial charge in [0.1, 0.15) is 4.88 Å². The van der Waals surface area contributed by atoms with Crippen LogP contribution >= 0.6 is 11.3 Å². The second kappa shape index (κ2) is 8.01. The van der Waals surface area contributed by atoms with Gasteiger partial charge in [0.05, 0.1) is 12.3 Å². The Morgan fingerprint density at radius 2 is 1.92 bits per heavy atom. The molecule has 2 rings (SSSR count). The minimum atomic E-state index is -1.73. The van der Waals surface area contributed by atoms with Gasteiger partial charge in [0, 0.05) is 12.1 Å². The van der Waals surface area contributed by atoms with Crippen LogP contribution in [0.3, 0.4) is 0 Å². The van der Waals surface area contributed by atoms with Crippen LogP contribution in [0.15, 0.2) is 35.9 Å². The average molecular weight is 352 g/mol. The largest absolute Gasteiger partial charge is 0.461 e. The molecule has 2 aromatic rings. The van der Waals surface area contributed by atoms with Crippen LogP contribution in [0.4, 0.5) is 19.6 Å². The molecule has 1 aromatic heterocycles. The molecule has 0 aliphatic heterocycles. The minimum Gasteiger partial charge on any atom is -0.461 e. The van der Waals surface area contributed by atoms with E-state index in [-0.39, 0.29) is 18.6 Å². The summed E-state index contributed by atoms with van der Waals surface area (Å²) in [6.45, 7) is 4.93. The van der Waals surface area contributed by atoms with Gasteiger partial charge in [-0.2, -0.15) is 8.78 Å². The number of benzene rings is 1. The number of nitrogens with zero attached hydrogens (tertiary/aromatic N) is 1. The maximum Gasteiger partial charge on any atom is 0.350 e. The number of thiazole rings is 1. The van der Waals surface area contributed by atoms with Gasteiger partial charge in [-0.25, -0.2) is 9.78 Å². The average Bonchev–Trinajstić information content (AvgIpc) is 2.89. The minimum absolute atomic E-state index is 0.0143. The van der Waals surface area contributed by atoms with Crippen molar-refractivity contribution in [3.63, 3.8) is 0 Å². The lowest BCUT2D eigenvalue weighted by molar-refractivity contribution is 0.0512. The molecular formula is C17H18F2N2O2S. The Hall–Kier alpha value is -2.28. The molecule has 7 heteroatoms. The van der Waals surface area contributed by atoms with E-state index in [2.05, 4.69) is 10.3 Å². The maximum absolute atomic E-state index is 12.3. The van der Waals surface area contributed by atoms with Crippen LogP contribution in [-0.2, 0) is 4.74 Å². The molecule has 0 saturated heterocycles. The lowest BCUT2D eigenvalue weighted by Gasteiger charge is -2.03. The van der Waals surface area contributed by atoms with Crippen LogP contribution < -0.4 is 5.32 Å². The van der Waals surface area contributed by atoms with E-state index in [1.807, 2.05) is 31.2 Å². The highest BCUT2D eigenvalue weighted by Crippen LogP contribution is 2.26. The summed E-state index contributed by atoms with van der Waals surface area (Å²) in [6.07, 6.45) is -1.72. The van der Waals surface area contributed by atoms with Crippen molar-refractivity contribution in [2.45, 2.75) is 27.2 Å². The number of halogens is 2. The van der Waals surface area contributed by atoms with E-state index in [1.54, 1.807) is 6.92 Å². The Kier molecular flexibility index (Phi) is 6.03. The predicted octanol–water partition coefficient (Wildman–Crippen LogP) is 5.22. The predicted molar refractivity (Wildman–Crippen MR) is 91.1 cm³/mol. The third kappa shape index (κ3) is 4.86. The molecule has 128 valence electrons. The molecule has 0 atom stereocenters.